The summed E-state index contributed by atoms with van der Waals surface area (Å²) in [5, 5.41) is 2.87. The monoisotopic (exact) mass is 281 g/mol. The number of methoxy groups -OCH3 is 1. The molecule has 2 rings (SSSR count). The van der Waals surface area contributed by atoms with Crippen LogP contribution in [0, 0.1) is 0 Å². The third kappa shape index (κ3) is 1.63. The summed E-state index contributed by atoms with van der Waals surface area (Å²) >= 11 is 3.33. The molecule has 0 fully saturated rings. The molecule has 2 aromatic rings. The molecule has 16 heavy (non-hydrogen) atoms. The molecular weight excluding hydrogens is 274 g/mol. The summed E-state index contributed by atoms with van der Waals surface area (Å²) in [6.07, 6.45) is 0. The number of hydrogen-bond acceptors (Lipinski definition) is 4. The fraction of sp³-hybridized carbons (Fsp3) is 0.0909. The van der Waals surface area contributed by atoms with Crippen LogP contribution in [0.3, 0.4) is 0 Å². The third-order valence-electron chi connectivity index (χ3n) is 2.20. The summed E-state index contributed by atoms with van der Waals surface area (Å²) in [6.45, 7) is 0. The van der Waals surface area contributed by atoms with E-state index in [1.165, 1.54) is 7.11 Å². The van der Waals surface area contributed by atoms with Gasteiger partial charge in [-0.3, -0.25) is 9.59 Å². The normalized spacial score (nSPS) is 10.4. The van der Waals surface area contributed by atoms with Crippen molar-refractivity contribution >= 4 is 27.3 Å². The van der Waals surface area contributed by atoms with E-state index in [0.717, 1.165) is 4.47 Å². The van der Waals surface area contributed by atoms with Gasteiger partial charge in [-0.05, 0) is 28.1 Å². The molecule has 0 spiro atoms. The summed E-state index contributed by atoms with van der Waals surface area (Å²) in [5.74, 6) is 0.0840. The lowest BCUT2D eigenvalue weighted by atomic mass is 10.2. The van der Waals surface area contributed by atoms with Crippen LogP contribution in [-0.4, -0.2) is 7.11 Å². The van der Waals surface area contributed by atoms with Crippen molar-refractivity contribution in [3.8, 4) is 5.75 Å². The summed E-state index contributed by atoms with van der Waals surface area (Å²) in [5.41, 5.74) is -0.211. The van der Waals surface area contributed by atoms with Crippen molar-refractivity contribution in [3.05, 3.63) is 49.2 Å². The number of ether oxygens (including phenoxy) is 1. The maximum atomic E-state index is 11.3. The van der Waals surface area contributed by atoms with Crippen LogP contribution in [0.1, 0.15) is 0 Å². The molecule has 2 aromatic carbocycles. The minimum absolute atomic E-state index is 0.0840. The van der Waals surface area contributed by atoms with Crippen molar-refractivity contribution in [2.45, 2.75) is 0 Å². The van der Waals surface area contributed by atoms with Gasteiger partial charge in [0.15, 0.2) is 5.75 Å². The van der Waals surface area contributed by atoms with E-state index in [1.807, 2.05) is 18.2 Å². The second-order valence-corrected chi connectivity index (χ2v) is 4.03. The number of hydrogen-bond donors (Lipinski definition) is 1. The van der Waals surface area contributed by atoms with Gasteiger partial charge in [0.1, 0.15) is 5.69 Å². The van der Waals surface area contributed by atoms with Gasteiger partial charge in [0.2, 0.25) is 0 Å². The Labute approximate surface area is 99.7 Å². The molecule has 0 saturated carbocycles. The third-order valence-corrected chi connectivity index (χ3v) is 2.90. The topological polar surface area (TPSA) is 55.4 Å². The molecule has 0 unspecified atom stereocenters. The van der Waals surface area contributed by atoms with E-state index < -0.39 is 10.9 Å². The first-order valence-electron chi connectivity index (χ1n) is 4.54. The van der Waals surface area contributed by atoms with Crippen LogP contribution in [0.5, 0.6) is 5.75 Å². The van der Waals surface area contributed by atoms with Crippen LogP contribution < -0.4 is 20.9 Å². The lowest BCUT2D eigenvalue weighted by Crippen LogP contribution is -2.34. The number of halogens is 1. The van der Waals surface area contributed by atoms with Crippen LogP contribution >= 0.6 is 15.9 Å². The minimum Gasteiger partial charge on any atom is -0.491 e. The molecule has 0 radical (unpaired) electrons. The molecular formula is C11H8BrNO3. The molecule has 1 N–H and O–H groups in total. The molecule has 0 aliphatic heterocycles. The summed E-state index contributed by atoms with van der Waals surface area (Å²) in [4.78, 5) is 22.4. The maximum absolute atomic E-state index is 11.3. The number of rotatable bonds is 3. The lowest BCUT2D eigenvalue weighted by molar-refractivity contribution is 0.408. The molecule has 5 heteroatoms. The quantitative estimate of drug-likeness (QED) is 0.872. The van der Waals surface area contributed by atoms with Crippen molar-refractivity contribution in [2.75, 3.05) is 12.4 Å². The van der Waals surface area contributed by atoms with E-state index in [1.54, 1.807) is 6.07 Å². The summed E-state index contributed by atoms with van der Waals surface area (Å²) in [6, 6.07) is 7.31. The predicted molar refractivity (Wildman–Crippen MR) is 65.3 cm³/mol. The fourth-order valence-electron chi connectivity index (χ4n) is 1.38. The maximum Gasteiger partial charge on any atom is 0.272 e. The molecule has 0 aliphatic carbocycles. The molecule has 82 valence electrons. The van der Waals surface area contributed by atoms with Crippen molar-refractivity contribution in [2.24, 2.45) is 0 Å². The lowest BCUT2D eigenvalue weighted by Gasteiger charge is -2.12. The molecule has 0 amide bonds. The van der Waals surface area contributed by atoms with Gasteiger partial charge in [0, 0.05) is 4.47 Å². The highest BCUT2D eigenvalue weighted by molar-refractivity contribution is 9.10. The van der Waals surface area contributed by atoms with E-state index >= 15 is 0 Å². The second kappa shape index (κ2) is 4.09. The van der Waals surface area contributed by atoms with Gasteiger partial charge in [-0.15, -0.1) is 0 Å². The molecule has 0 atom stereocenters. The molecule has 0 saturated heterocycles. The van der Waals surface area contributed by atoms with Crippen LogP contribution in [0.2, 0.25) is 0 Å². The van der Waals surface area contributed by atoms with Crippen molar-refractivity contribution in [1.29, 1.82) is 0 Å². The van der Waals surface area contributed by atoms with Crippen molar-refractivity contribution < 1.29 is 4.74 Å². The number of benzene rings is 1. The summed E-state index contributed by atoms with van der Waals surface area (Å²) in [7, 11) is 1.36. The van der Waals surface area contributed by atoms with Gasteiger partial charge in [-0.1, -0.05) is 12.1 Å². The average Bonchev–Trinajstić information content (AvgIpc) is 2.30. The highest BCUT2D eigenvalue weighted by Crippen LogP contribution is 2.27. The van der Waals surface area contributed by atoms with Crippen LogP contribution in [-0.2, 0) is 0 Å². The minimum atomic E-state index is -0.586. The first-order chi connectivity index (χ1) is 7.65. The Balaban J connectivity index is 2.36. The van der Waals surface area contributed by atoms with Crippen molar-refractivity contribution in [1.82, 2.24) is 0 Å². The highest BCUT2D eigenvalue weighted by atomic mass is 79.9. The number of anilines is 2. The summed E-state index contributed by atoms with van der Waals surface area (Å²) < 4.78 is 5.64. The fourth-order valence-corrected chi connectivity index (χ4v) is 1.76. The zero-order valence-electron chi connectivity index (χ0n) is 8.41. The van der Waals surface area contributed by atoms with E-state index in [4.69, 9.17) is 4.74 Å². The van der Waals surface area contributed by atoms with Gasteiger partial charge < -0.3 is 10.1 Å². The van der Waals surface area contributed by atoms with Crippen LogP contribution in [0.4, 0.5) is 11.4 Å². The molecule has 0 bridgehead atoms. The zero-order valence-corrected chi connectivity index (χ0v) is 10.00. The van der Waals surface area contributed by atoms with Gasteiger partial charge in [0.25, 0.3) is 10.9 Å². The molecule has 0 aliphatic rings. The van der Waals surface area contributed by atoms with Crippen LogP contribution in [0.15, 0.2) is 38.3 Å². The van der Waals surface area contributed by atoms with Gasteiger partial charge >= 0.3 is 0 Å². The molecule has 4 nitrogen and oxygen atoms in total. The number of nitrogens with one attached hydrogen (secondary N) is 1. The first kappa shape index (κ1) is 10.9. The first-order valence-corrected chi connectivity index (χ1v) is 5.33. The highest BCUT2D eigenvalue weighted by Gasteiger charge is 2.22. The Bertz CT molecular complexity index is 599. The molecule has 0 aromatic heterocycles. The van der Waals surface area contributed by atoms with Gasteiger partial charge in [-0.25, -0.2) is 0 Å². The Hall–Kier alpha value is -1.62. The van der Waals surface area contributed by atoms with Crippen molar-refractivity contribution in [3.63, 3.8) is 0 Å². The van der Waals surface area contributed by atoms with Gasteiger partial charge in [-0.2, -0.15) is 0 Å². The van der Waals surface area contributed by atoms with E-state index in [9.17, 15) is 9.59 Å². The Morgan fingerprint density at radius 2 is 1.88 bits per heavy atom. The standard InChI is InChI=1S/C11H8BrNO3/c1-16-11-8(9(14)10(11)15)13-7-5-3-2-4-6(7)12/h2-5,13H,1H3. The van der Waals surface area contributed by atoms with E-state index in [-0.39, 0.29) is 11.4 Å². The van der Waals surface area contributed by atoms with E-state index in [2.05, 4.69) is 21.2 Å². The molecule has 0 heterocycles. The van der Waals surface area contributed by atoms with Crippen LogP contribution in [0.25, 0.3) is 0 Å². The predicted octanol–water partition coefficient (Wildman–Crippen LogP) is 1.80. The zero-order chi connectivity index (χ0) is 11.7. The largest absolute Gasteiger partial charge is 0.491 e. The SMILES string of the molecule is COc1c(Nc2ccccc2Br)c(=O)c1=O. The van der Waals surface area contributed by atoms with Gasteiger partial charge in [0.05, 0.1) is 12.8 Å². The Morgan fingerprint density at radius 1 is 1.19 bits per heavy atom. The second-order valence-electron chi connectivity index (χ2n) is 3.17. The Morgan fingerprint density at radius 3 is 2.50 bits per heavy atom. The number of para-hydroxylation sites is 1. The van der Waals surface area contributed by atoms with E-state index in [0.29, 0.717) is 5.69 Å². The average molecular weight is 282 g/mol. The Kier molecular flexibility index (Phi) is 2.78. The smallest absolute Gasteiger partial charge is 0.272 e.